The summed E-state index contributed by atoms with van der Waals surface area (Å²) in [5.74, 6) is 0. The molecule has 0 saturated carbocycles. The topological polar surface area (TPSA) is 56.6 Å². The van der Waals surface area contributed by atoms with Gasteiger partial charge in [-0.3, -0.25) is 4.79 Å². The molecule has 0 aliphatic carbocycles. The highest BCUT2D eigenvalue weighted by Crippen LogP contribution is 2.36. The second-order valence-electron chi connectivity index (χ2n) is 4.37. The number of benzene rings is 1. The number of hydrogen-bond donors (Lipinski definition) is 1. The largest absolute Gasteiger partial charge is 0.416 e. The standard InChI is InChI=1S/C14H8BrF3N2O/c1-7-4-9(11(6-19)13(21)20-7)10-5-8(14(16,17)18)2-3-12(10)15/h2-5H,1H3,(H,20,21). The highest BCUT2D eigenvalue weighted by atomic mass is 79.9. The molecule has 1 heterocycles. The normalized spacial score (nSPS) is 11.2. The third-order valence-corrected chi connectivity index (χ3v) is 3.56. The van der Waals surface area contributed by atoms with Crippen LogP contribution in [0.25, 0.3) is 11.1 Å². The van der Waals surface area contributed by atoms with Crippen LogP contribution >= 0.6 is 15.9 Å². The number of rotatable bonds is 1. The summed E-state index contributed by atoms with van der Waals surface area (Å²) < 4.78 is 38.8. The maximum atomic E-state index is 12.8. The first-order chi connectivity index (χ1) is 9.74. The Hall–Kier alpha value is -2.07. The smallest absolute Gasteiger partial charge is 0.325 e. The Morgan fingerprint density at radius 1 is 1.24 bits per heavy atom. The fourth-order valence-electron chi connectivity index (χ4n) is 1.92. The van der Waals surface area contributed by atoms with E-state index >= 15 is 0 Å². The Morgan fingerprint density at radius 2 is 1.90 bits per heavy atom. The zero-order valence-electron chi connectivity index (χ0n) is 10.7. The zero-order valence-corrected chi connectivity index (χ0v) is 12.3. The van der Waals surface area contributed by atoms with Gasteiger partial charge in [0.15, 0.2) is 0 Å². The summed E-state index contributed by atoms with van der Waals surface area (Å²) in [6.07, 6.45) is -4.50. The van der Waals surface area contributed by atoms with Crippen LogP contribution in [0.1, 0.15) is 16.8 Å². The number of nitrogens with one attached hydrogen (secondary N) is 1. The maximum Gasteiger partial charge on any atom is 0.416 e. The number of alkyl halides is 3. The van der Waals surface area contributed by atoms with E-state index in [4.69, 9.17) is 5.26 Å². The first kappa shape index (κ1) is 15.3. The summed E-state index contributed by atoms with van der Waals surface area (Å²) in [7, 11) is 0. The highest BCUT2D eigenvalue weighted by molar-refractivity contribution is 9.10. The number of halogens is 4. The van der Waals surface area contributed by atoms with Crippen LogP contribution in [0, 0.1) is 18.3 Å². The lowest BCUT2D eigenvalue weighted by molar-refractivity contribution is -0.137. The summed E-state index contributed by atoms with van der Waals surface area (Å²) in [6, 6.07) is 6.29. The summed E-state index contributed by atoms with van der Waals surface area (Å²) in [6.45, 7) is 1.59. The third kappa shape index (κ3) is 3.00. The van der Waals surface area contributed by atoms with Gasteiger partial charge in [0.25, 0.3) is 5.56 Å². The van der Waals surface area contributed by atoms with Crippen molar-refractivity contribution in [2.45, 2.75) is 13.1 Å². The van der Waals surface area contributed by atoms with E-state index in [1.807, 2.05) is 0 Å². The van der Waals surface area contributed by atoms with Crippen molar-refractivity contribution >= 4 is 15.9 Å². The molecule has 0 spiro atoms. The monoisotopic (exact) mass is 356 g/mol. The van der Waals surface area contributed by atoms with Crippen LogP contribution in [0.5, 0.6) is 0 Å². The molecule has 0 radical (unpaired) electrons. The number of pyridine rings is 1. The molecule has 0 aliphatic rings. The molecule has 2 rings (SSSR count). The van der Waals surface area contributed by atoms with Crippen LogP contribution in [-0.2, 0) is 6.18 Å². The van der Waals surface area contributed by atoms with Gasteiger partial charge in [-0.2, -0.15) is 18.4 Å². The minimum Gasteiger partial charge on any atom is -0.325 e. The lowest BCUT2D eigenvalue weighted by atomic mass is 9.99. The molecule has 0 unspecified atom stereocenters. The Balaban J connectivity index is 2.79. The Bertz CT molecular complexity index is 803. The van der Waals surface area contributed by atoms with E-state index in [9.17, 15) is 18.0 Å². The second kappa shape index (κ2) is 5.37. The van der Waals surface area contributed by atoms with Crippen LogP contribution in [-0.4, -0.2) is 4.98 Å². The van der Waals surface area contributed by atoms with E-state index in [2.05, 4.69) is 20.9 Å². The lowest BCUT2D eigenvalue weighted by Crippen LogP contribution is -2.13. The molecular weight excluding hydrogens is 349 g/mol. The average molecular weight is 357 g/mol. The Kier molecular flexibility index (Phi) is 3.92. The molecule has 0 saturated heterocycles. The van der Waals surface area contributed by atoms with Crippen LogP contribution in [0.3, 0.4) is 0 Å². The van der Waals surface area contributed by atoms with Gasteiger partial charge < -0.3 is 4.98 Å². The number of nitrogens with zero attached hydrogens (tertiary/aromatic N) is 1. The van der Waals surface area contributed by atoms with Gasteiger partial charge in [0.1, 0.15) is 11.6 Å². The number of nitriles is 1. The van der Waals surface area contributed by atoms with Crippen molar-refractivity contribution in [1.29, 1.82) is 5.26 Å². The summed E-state index contributed by atoms with van der Waals surface area (Å²) in [5, 5.41) is 9.06. The van der Waals surface area contributed by atoms with Crippen LogP contribution < -0.4 is 5.56 Å². The van der Waals surface area contributed by atoms with Crippen LogP contribution in [0.2, 0.25) is 0 Å². The van der Waals surface area contributed by atoms with Gasteiger partial charge >= 0.3 is 6.18 Å². The van der Waals surface area contributed by atoms with E-state index in [0.29, 0.717) is 10.2 Å². The van der Waals surface area contributed by atoms with Crippen molar-refractivity contribution < 1.29 is 13.2 Å². The fraction of sp³-hybridized carbons (Fsp3) is 0.143. The molecule has 3 nitrogen and oxygen atoms in total. The fourth-order valence-corrected chi connectivity index (χ4v) is 2.38. The molecule has 0 fully saturated rings. The van der Waals surface area contributed by atoms with Crippen LogP contribution in [0.4, 0.5) is 13.2 Å². The molecular formula is C14H8BrF3N2O. The zero-order chi connectivity index (χ0) is 15.8. The van der Waals surface area contributed by atoms with Gasteiger partial charge in [-0.05, 0) is 36.8 Å². The van der Waals surface area contributed by atoms with E-state index < -0.39 is 17.3 Å². The van der Waals surface area contributed by atoms with Crippen molar-refractivity contribution in [3.8, 4) is 17.2 Å². The maximum absolute atomic E-state index is 12.8. The van der Waals surface area contributed by atoms with Crippen molar-refractivity contribution in [3.05, 3.63) is 55.9 Å². The van der Waals surface area contributed by atoms with Gasteiger partial charge in [0, 0.05) is 15.7 Å². The molecule has 0 amide bonds. The molecule has 21 heavy (non-hydrogen) atoms. The van der Waals surface area contributed by atoms with E-state index in [1.165, 1.54) is 12.1 Å². The quantitative estimate of drug-likeness (QED) is 0.839. The predicted octanol–water partition coefficient (Wildman–Crippen LogP) is 4.00. The molecule has 1 aromatic heterocycles. The van der Waals surface area contributed by atoms with Crippen molar-refractivity contribution in [3.63, 3.8) is 0 Å². The SMILES string of the molecule is Cc1cc(-c2cc(C(F)(F)F)ccc2Br)c(C#N)c(=O)[nH]1. The molecule has 0 aliphatic heterocycles. The molecule has 1 aromatic carbocycles. The molecule has 2 aromatic rings. The summed E-state index contributed by atoms with van der Waals surface area (Å²) in [5.41, 5.74) is -0.925. The number of aryl methyl sites for hydroxylation is 1. The van der Waals surface area contributed by atoms with Crippen molar-refractivity contribution in [2.75, 3.05) is 0 Å². The number of aromatic amines is 1. The molecule has 0 atom stereocenters. The van der Waals surface area contributed by atoms with Gasteiger partial charge in [-0.15, -0.1) is 0 Å². The number of H-pyrrole nitrogens is 1. The predicted molar refractivity (Wildman–Crippen MR) is 74.7 cm³/mol. The van der Waals surface area contributed by atoms with Crippen LogP contribution in [0.15, 0.2) is 33.5 Å². The van der Waals surface area contributed by atoms with Gasteiger partial charge in [-0.1, -0.05) is 15.9 Å². The van der Waals surface area contributed by atoms with E-state index in [1.54, 1.807) is 13.0 Å². The number of aromatic nitrogens is 1. The molecule has 7 heteroatoms. The van der Waals surface area contributed by atoms with Gasteiger partial charge in [0.2, 0.25) is 0 Å². The average Bonchev–Trinajstić information content (AvgIpc) is 2.37. The van der Waals surface area contributed by atoms with Crippen molar-refractivity contribution in [1.82, 2.24) is 4.98 Å². The first-order valence-corrected chi connectivity index (χ1v) is 6.54. The van der Waals surface area contributed by atoms with E-state index in [0.717, 1.165) is 12.1 Å². The minimum absolute atomic E-state index is 0.149. The Morgan fingerprint density at radius 3 is 2.48 bits per heavy atom. The summed E-state index contributed by atoms with van der Waals surface area (Å²) >= 11 is 3.16. The number of hydrogen-bond acceptors (Lipinski definition) is 2. The first-order valence-electron chi connectivity index (χ1n) is 5.75. The lowest BCUT2D eigenvalue weighted by Gasteiger charge is -2.12. The third-order valence-electron chi connectivity index (χ3n) is 2.86. The van der Waals surface area contributed by atoms with Crippen molar-refractivity contribution in [2.24, 2.45) is 0 Å². The Labute approximate surface area is 126 Å². The summed E-state index contributed by atoms with van der Waals surface area (Å²) in [4.78, 5) is 14.2. The molecule has 108 valence electrons. The van der Waals surface area contributed by atoms with Gasteiger partial charge in [-0.25, -0.2) is 0 Å². The minimum atomic E-state index is -4.50. The highest BCUT2D eigenvalue weighted by Gasteiger charge is 2.31. The van der Waals surface area contributed by atoms with Gasteiger partial charge in [0.05, 0.1) is 5.56 Å². The van der Waals surface area contributed by atoms with E-state index in [-0.39, 0.29) is 16.7 Å². The second-order valence-corrected chi connectivity index (χ2v) is 5.23. The molecule has 0 bridgehead atoms. The molecule has 1 N–H and O–H groups in total.